The van der Waals surface area contributed by atoms with Crippen LogP contribution in [0.3, 0.4) is 0 Å². The molecule has 148 valence electrons. The Hall–Kier alpha value is -1.92. The van der Waals surface area contributed by atoms with Crippen LogP contribution in [0, 0.1) is 11.8 Å². The number of piperazine rings is 1. The third kappa shape index (κ3) is 5.53. The molecule has 2 atom stereocenters. The molecule has 0 bridgehead atoms. The molecule has 2 unspecified atom stereocenters. The van der Waals surface area contributed by atoms with Gasteiger partial charge in [-0.2, -0.15) is 0 Å². The van der Waals surface area contributed by atoms with Gasteiger partial charge in [0.15, 0.2) is 0 Å². The molecule has 3 rings (SSSR count). The first kappa shape index (κ1) is 19.8. The zero-order valence-corrected chi connectivity index (χ0v) is 16.4. The Labute approximate surface area is 161 Å². The van der Waals surface area contributed by atoms with Crippen molar-refractivity contribution in [2.45, 2.75) is 26.8 Å². The Morgan fingerprint density at radius 2 is 1.52 bits per heavy atom. The predicted octanol–water partition coefficient (Wildman–Crippen LogP) is 2.01. The first-order valence-corrected chi connectivity index (χ1v) is 9.95. The molecule has 1 aromatic rings. The Morgan fingerprint density at radius 3 is 2.07 bits per heavy atom. The van der Waals surface area contributed by atoms with E-state index in [-0.39, 0.29) is 5.91 Å². The quantitative estimate of drug-likeness (QED) is 0.855. The molecule has 0 radical (unpaired) electrons. The smallest absolute Gasteiger partial charge is 0.335 e. The molecule has 6 nitrogen and oxygen atoms in total. The molecule has 2 fully saturated rings. The molecule has 1 aromatic carbocycles. The average Bonchev–Trinajstić information content (AvgIpc) is 2.63. The molecule has 2 saturated heterocycles. The topological polar surface area (TPSA) is 64.1 Å². The Bertz CT molecular complexity index is 643. The molecule has 0 aromatic heterocycles. The number of carbonyl (C=O) groups is 2. The number of carboxylic acid groups (broad SMARTS) is 1. The first-order valence-electron chi connectivity index (χ1n) is 9.95. The molecule has 0 saturated carbocycles. The minimum atomic E-state index is -0.891. The summed E-state index contributed by atoms with van der Waals surface area (Å²) < 4.78 is 0. The van der Waals surface area contributed by atoms with E-state index in [9.17, 15) is 9.59 Å². The van der Waals surface area contributed by atoms with Gasteiger partial charge in [0.1, 0.15) is 0 Å². The largest absolute Gasteiger partial charge is 0.478 e. The van der Waals surface area contributed by atoms with Crippen molar-refractivity contribution in [1.82, 2.24) is 14.7 Å². The van der Waals surface area contributed by atoms with Gasteiger partial charge in [0, 0.05) is 45.8 Å². The number of rotatable bonds is 5. The second-order valence-electron chi connectivity index (χ2n) is 8.30. The van der Waals surface area contributed by atoms with Gasteiger partial charge < -0.3 is 10.0 Å². The van der Waals surface area contributed by atoms with E-state index in [0.717, 1.165) is 51.4 Å². The number of likely N-dealkylation sites (tertiary alicyclic amines) is 1. The molecule has 0 aliphatic carbocycles. The van der Waals surface area contributed by atoms with E-state index in [1.54, 1.807) is 12.1 Å². The summed E-state index contributed by atoms with van der Waals surface area (Å²) in [5.41, 5.74) is 1.45. The number of carboxylic acids is 1. The van der Waals surface area contributed by atoms with Gasteiger partial charge in [-0.3, -0.25) is 14.6 Å². The SMILES string of the molecule is CC1CC(C)CN(C(=O)CN2CCN(Cc3ccc(C(=O)O)cc3)CC2)C1. The standard InChI is InChI=1S/C21H31N3O3/c1-16-11-17(2)13-24(12-16)20(25)15-23-9-7-22(8-10-23)14-18-3-5-19(6-4-18)21(26)27/h3-6,16-17H,7-15H2,1-2H3,(H,26,27). The van der Waals surface area contributed by atoms with Crippen molar-refractivity contribution in [1.29, 1.82) is 0 Å². The molecule has 2 heterocycles. The number of benzene rings is 1. The van der Waals surface area contributed by atoms with E-state index >= 15 is 0 Å². The van der Waals surface area contributed by atoms with Crippen LogP contribution in [0.1, 0.15) is 36.2 Å². The van der Waals surface area contributed by atoms with Crippen LogP contribution in [-0.2, 0) is 11.3 Å². The number of carbonyl (C=O) groups excluding carboxylic acids is 1. The van der Waals surface area contributed by atoms with Gasteiger partial charge in [-0.25, -0.2) is 4.79 Å². The van der Waals surface area contributed by atoms with Gasteiger partial charge in [0.05, 0.1) is 12.1 Å². The summed E-state index contributed by atoms with van der Waals surface area (Å²) in [6, 6.07) is 7.09. The molecule has 2 aliphatic heterocycles. The second kappa shape index (κ2) is 8.85. The Morgan fingerprint density at radius 1 is 0.963 bits per heavy atom. The lowest BCUT2D eigenvalue weighted by Crippen LogP contribution is -2.51. The van der Waals surface area contributed by atoms with Gasteiger partial charge in [-0.1, -0.05) is 26.0 Å². The summed E-state index contributed by atoms with van der Waals surface area (Å²) >= 11 is 0. The van der Waals surface area contributed by atoms with Crippen LogP contribution in [-0.4, -0.2) is 77.5 Å². The molecular formula is C21H31N3O3. The van der Waals surface area contributed by atoms with E-state index in [1.807, 2.05) is 12.1 Å². The van der Waals surface area contributed by atoms with Gasteiger partial charge in [0.2, 0.25) is 5.91 Å². The van der Waals surface area contributed by atoms with E-state index in [0.29, 0.717) is 23.9 Å². The number of hydrogen-bond acceptors (Lipinski definition) is 4. The van der Waals surface area contributed by atoms with Crippen molar-refractivity contribution in [3.8, 4) is 0 Å². The van der Waals surface area contributed by atoms with Gasteiger partial charge >= 0.3 is 5.97 Å². The maximum absolute atomic E-state index is 12.6. The van der Waals surface area contributed by atoms with E-state index in [2.05, 4.69) is 28.5 Å². The third-order valence-corrected chi connectivity index (χ3v) is 5.65. The van der Waals surface area contributed by atoms with Crippen LogP contribution in [0.4, 0.5) is 0 Å². The Balaban J connectivity index is 1.43. The third-order valence-electron chi connectivity index (χ3n) is 5.65. The van der Waals surface area contributed by atoms with Crippen LogP contribution in [0.25, 0.3) is 0 Å². The lowest BCUT2D eigenvalue weighted by atomic mass is 9.92. The number of hydrogen-bond donors (Lipinski definition) is 1. The summed E-state index contributed by atoms with van der Waals surface area (Å²) in [7, 11) is 0. The molecule has 2 aliphatic rings. The molecule has 1 amide bonds. The van der Waals surface area contributed by atoms with Gasteiger partial charge in [0.25, 0.3) is 0 Å². The fourth-order valence-corrected chi connectivity index (χ4v) is 4.27. The summed E-state index contributed by atoms with van der Waals surface area (Å²) in [5.74, 6) is 0.576. The van der Waals surface area contributed by atoms with Gasteiger partial charge in [-0.15, -0.1) is 0 Å². The van der Waals surface area contributed by atoms with Crippen molar-refractivity contribution in [3.05, 3.63) is 35.4 Å². The summed E-state index contributed by atoms with van der Waals surface area (Å²) in [5, 5.41) is 8.97. The van der Waals surface area contributed by atoms with Crippen LogP contribution in [0.2, 0.25) is 0 Å². The zero-order valence-electron chi connectivity index (χ0n) is 16.4. The van der Waals surface area contributed by atoms with E-state index in [4.69, 9.17) is 5.11 Å². The highest BCUT2D eigenvalue weighted by atomic mass is 16.4. The lowest BCUT2D eigenvalue weighted by molar-refractivity contribution is -0.135. The fourth-order valence-electron chi connectivity index (χ4n) is 4.27. The molecule has 0 spiro atoms. The van der Waals surface area contributed by atoms with Crippen LogP contribution >= 0.6 is 0 Å². The summed E-state index contributed by atoms with van der Waals surface area (Å²) in [6.07, 6.45) is 1.22. The van der Waals surface area contributed by atoms with Crippen LogP contribution < -0.4 is 0 Å². The maximum atomic E-state index is 12.6. The van der Waals surface area contributed by atoms with Crippen molar-refractivity contribution >= 4 is 11.9 Å². The summed E-state index contributed by atoms with van der Waals surface area (Å²) in [6.45, 7) is 11.3. The van der Waals surface area contributed by atoms with Crippen LogP contribution in [0.5, 0.6) is 0 Å². The summed E-state index contributed by atoms with van der Waals surface area (Å²) in [4.78, 5) is 30.2. The van der Waals surface area contributed by atoms with Crippen molar-refractivity contribution < 1.29 is 14.7 Å². The number of nitrogens with zero attached hydrogens (tertiary/aromatic N) is 3. The van der Waals surface area contributed by atoms with E-state index in [1.165, 1.54) is 6.42 Å². The minimum absolute atomic E-state index is 0.270. The van der Waals surface area contributed by atoms with Crippen molar-refractivity contribution in [3.63, 3.8) is 0 Å². The predicted molar refractivity (Wildman–Crippen MR) is 105 cm³/mol. The highest BCUT2D eigenvalue weighted by Crippen LogP contribution is 2.21. The number of aromatic carboxylic acids is 1. The molecular weight excluding hydrogens is 342 g/mol. The van der Waals surface area contributed by atoms with E-state index < -0.39 is 5.97 Å². The van der Waals surface area contributed by atoms with Gasteiger partial charge in [-0.05, 0) is 36.0 Å². The highest BCUT2D eigenvalue weighted by molar-refractivity contribution is 5.87. The number of piperidine rings is 1. The molecule has 1 N–H and O–H groups in total. The Kier molecular flexibility index (Phi) is 6.50. The van der Waals surface area contributed by atoms with Crippen LogP contribution in [0.15, 0.2) is 24.3 Å². The lowest BCUT2D eigenvalue weighted by Gasteiger charge is -2.38. The van der Waals surface area contributed by atoms with Crippen molar-refractivity contribution in [2.24, 2.45) is 11.8 Å². The normalized spacial score (nSPS) is 24.7. The second-order valence-corrected chi connectivity index (χ2v) is 8.30. The molecule has 6 heteroatoms. The minimum Gasteiger partial charge on any atom is -0.478 e. The average molecular weight is 373 g/mol. The fraction of sp³-hybridized carbons (Fsp3) is 0.619. The monoisotopic (exact) mass is 373 g/mol. The van der Waals surface area contributed by atoms with Crippen molar-refractivity contribution in [2.75, 3.05) is 45.8 Å². The zero-order chi connectivity index (χ0) is 19.4. The first-order chi connectivity index (χ1) is 12.9. The molecule has 27 heavy (non-hydrogen) atoms. The number of amides is 1. The maximum Gasteiger partial charge on any atom is 0.335 e. The highest BCUT2D eigenvalue weighted by Gasteiger charge is 2.27.